The van der Waals surface area contributed by atoms with Crippen LogP contribution in [0.25, 0.3) is 12.2 Å². The van der Waals surface area contributed by atoms with Crippen molar-refractivity contribution in [3.8, 4) is 0 Å². The summed E-state index contributed by atoms with van der Waals surface area (Å²) in [6, 6.07) is 13.3. The molecule has 17 heavy (non-hydrogen) atoms. The average molecular weight is 244 g/mol. The van der Waals surface area contributed by atoms with Gasteiger partial charge in [0.15, 0.2) is 0 Å². The van der Waals surface area contributed by atoms with E-state index in [1.54, 1.807) is 18.3 Å². The summed E-state index contributed by atoms with van der Waals surface area (Å²) < 4.78 is 0. The van der Waals surface area contributed by atoms with E-state index in [0.717, 1.165) is 16.3 Å². The van der Waals surface area contributed by atoms with Gasteiger partial charge in [-0.1, -0.05) is 49.0 Å². The Morgan fingerprint density at radius 2 is 1.65 bits per heavy atom. The van der Waals surface area contributed by atoms with Gasteiger partial charge in [0.2, 0.25) is 0 Å². The van der Waals surface area contributed by atoms with Gasteiger partial charge in [-0.2, -0.15) is 0 Å². The third-order valence-corrected chi connectivity index (χ3v) is 2.25. The summed E-state index contributed by atoms with van der Waals surface area (Å²) in [5.74, 6) is 0. The lowest BCUT2D eigenvalue weighted by atomic mass is 10.2. The molecule has 0 saturated carbocycles. The SMILES string of the molecule is C=Cc1ccc(Cl)cc1.C=Cc1ccccn1. The first-order chi connectivity index (χ1) is 8.26. The van der Waals surface area contributed by atoms with Crippen LogP contribution in [0.1, 0.15) is 11.3 Å². The lowest BCUT2D eigenvalue weighted by Gasteiger charge is -1.89. The van der Waals surface area contributed by atoms with Crippen molar-refractivity contribution in [1.29, 1.82) is 0 Å². The highest BCUT2D eigenvalue weighted by atomic mass is 35.5. The molecule has 0 N–H and O–H groups in total. The molecule has 1 nitrogen and oxygen atoms in total. The van der Waals surface area contributed by atoms with Crippen molar-refractivity contribution < 1.29 is 0 Å². The van der Waals surface area contributed by atoms with Crippen LogP contribution in [0.3, 0.4) is 0 Å². The van der Waals surface area contributed by atoms with E-state index in [2.05, 4.69) is 18.1 Å². The van der Waals surface area contributed by atoms with E-state index in [1.807, 2.05) is 42.5 Å². The molecule has 0 spiro atoms. The monoisotopic (exact) mass is 243 g/mol. The highest BCUT2D eigenvalue weighted by Crippen LogP contribution is 2.09. The molecule has 0 aliphatic carbocycles. The molecule has 2 rings (SSSR count). The molecule has 0 unspecified atom stereocenters. The molecule has 1 aromatic heterocycles. The van der Waals surface area contributed by atoms with Crippen molar-refractivity contribution in [2.45, 2.75) is 0 Å². The van der Waals surface area contributed by atoms with Crippen LogP contribution in [0.5, 0.6) is 0 Å². The second kappa shape index (κ2) is 7.42. The topological polar surface area (TPSA) is 12.9 Å². The molecular formula is C15H14ClN. The molecule has 0 saturated heterocycles. The van der Waals surface area contributed by atoms with Crippen molar-refractivity contribution in [2.75, 3.05) is 0 Å². The maximum Gasteiger partial charge on any atom is 0.0623 e. The van der Waals surface area contributed by atoms with Crippen molar-refractivity contribution in [2.24, 2.45) is 0 Å². The second-order valence-corrected chi connectivity index (χ2v) is 3.65. The van der Waals surface area contributed by atoms with Crippen molar-refractivity contribution >= 4 is 23.8 Å². The first-order valence-corrected chi connectivity index (χ1v) is 5.55. The van der Waals surface area contributed by atoms with E-state index < -0.39 is 0 Å². The predicted molar refractivity (Wildman–Crippen MR) is 75.9 cm³/mol. The molecule has 0 aliphatic rings. The molecule has 0 bridgehead atoms. The molecule has 86 valence electrons. The van der Waals surface area contributed by atoms with E-state index in [9.17, 15) is 0 Å². The van der Waals surface area contributed by atoms with Gasteiger partial charge >= 0.3 is 0 Å². The Labute approximate surface area is 107 Å². The fourth-order valence-electron chi connectivity index (χ4n) is 1.10. The summed E-state index contributed by atoms with van der Waals surface area (Å²) in [6.07, 6.45) is 5.26. The Bertz CT molecular complexity index is 460. The Hall–Kier alpha value is -1.86. The van der Waals surface area contributed by atoms with Crippen LogP contribution >= 0.6 is 11.6 Å². The van der Waals surface area contributed by atoms with Crippen molar-refractivity contribution in [3.05, 3.63) is 78.1 Å². The van der Waals surface area contributed by atoms with Gasteiger partial charge in [0.25, 0.3) is 0 Å². The number of halogens is 1. The zero-order valence-electron chi connectivity index (χ0n) is 9.51. The van der Waals surface area contributed by atoms with Crippen molar-refractivity contribution in [1.82, 2.24) is 4.98 Å². The van der Waals surface area contributed by atoms with Crippen LogP contribution in [0.15, 0.2) is 61.8 Å². The Kier molecular flexibility index (Phi) is 5.76. The van der Waals surface area contributed by atoms with E-state index in [-0.39, 0.29) is 0 Å². The van der Waals surface area contributed by atoms with Gasteiger partial charge in [0.1, 0.15) is 0 Å². The van der Waals surface area contributed by atoms with E-state index >= 15 is 0 Å². The lowest BCUT2D eigenvalue weighted by Crippen LogP contribution is -1.73. The zero-order valence-corrected chi connectivity index (χ0v) is 10.3. The smallest absolute Gasteiger partial charge is 0.0623 e. The highest BCUT2D eigenvalue weighted by Gasteiger charge is 1.84. The van der Waals surface area contributed by atoms with Crippen LogP contribution in [0.4, 0.5) is 0 Å². The Balaban J connectivity index is 0.000000171. The van der Waals surface area contributed by atoms with Crippen LogP contribution in [0, 0.1) is 0 Å². The molecular weight excluding hydrogens is 230 g/mol. The molecule has 2 heteroatoms. The number of nitrogens with zero attached hydrogens (tertiary/aromatic N) is 1. The summed E-state index contributed by atoms with van der Waals surface area (Å²) in [5, 5.41) is 0.764. The maximum atomic E-state index is 5.63. The molecule has 0 radical (unpaired) electrons. The minimum atomic E-state index is 0.764. The summed E-state index contributed by atoms with van der Waals surface area (Å²) in [5.41, 5.74) is 2.02. The highest BCUT2D eigenvalue weighted by molar-refractivity contribution is 6.30. The molecule has 2 aromatic rings. The van der Waals surface area contributed by atoms with Gasteiger partial charge in [0, 0.05) is 11.2 Å². The van der Waals surface area contributed by atoms with Crippen LogP contribution in [-0.2, 0) is 0 Å². The number of pyridine rings is 1. The summed E-state index contributed by atoms with van der Waals surface area (Å²) in [4.78, 5) is 3.98. The molecule has 1 aromatic carbocycles. The molecule has 0 fully saturated rings. The Morgan fingerprint density at radius 3 is 2.06 bits per heavy atom. The fraction of sp³-hybridized carbons (Fsp3) is 0. The summed E-state index contributed by atoms with van der Waals surface area (Å²) >= 11 is 5.63. The minimum Gasteiger partial charge on any atom is -0.257 e. The van der Waals surface area contributed by atoms with Gasteiger partial charge in [-0.15, -0.1) is 0 Å². The molecule has 0 aliphatic heterocycles. The third-order valence-electron chi connectivity index (χ3n) is 2.00. The van der Waals surface area contributed by atoms with E-state index in [1.165, 1.54) is 0 Å². The van der Waals surface area contributed by atoms with Gasteiger partial charge in [-0.3, -0.25) is 4.98 Å². The van der Waals surface area contributed by atoms with Gasteiger partial charge < -0.3 is 0 Å². The van der Waals surface area contributed by atoms with Gasteiger partial charge in [-0.05, 0) is 35.9 Å². The molecule has 0 atom stereocenters. The minimum absolute atomic E-state index is 0.764. The second-order valence-electron chi connectivity index (χ2n) is 3.21. The van der Waals surface area contributed by atoms with Gasteiger partial charge in [0.05, 0.1) is 5.69 Å². The zero-order chi connectivity index (χ0) is 12.5. The number of rotatable bonds is 2. The largest absolute Gasteiger partial charge is 0.257 e. The van der Waals surface area contributed by atoms with Crippen LogP contribution < -0.4 is 0 Å². The van der Waals surface area contributed by atoms with Crippen LogP contribution in [0.2, 0.25) is 5.02 Å². The van der Waals surface area contributed by atoms with Crippen molar-refractivity contribution in [3.63, 3.8) is 0 Å². The predicted octanol–water partition coefficient (Wildman–Crippen LogP) is 4.71. The average Bonchev–Trinajstić information content (AvgIpc) is 2.41. The molecule has 0 amide bonds. The van der Waals surface area contributed by atoms with Gasteiger partial charge in [-0.25, -0.2) is 0 Å². The molecule has 1 heterocycles. The third kappa shape index (κ3) is 5.14. The Morgan fingerprint density at radius 1 is 0.941 bits per heavy atom. The fourth-order valence-corrected chi connectivity index (χ4v) is 1.22. The van der Waals surface area contributed by atoms with E-state index in [0.29, 0.717) is 0 Å². The summed E-state index contributed by atoms with van der Waals surface area (Å²) in [7, 11) is 0. The first kappa shape index (κ1) is 13.2. The number of hydrogen-bond acceptors (Lipinski definition) is 1. The van der Waals surface area contributed by atoms with Crippen LogP contribution in [-0.4, -0.2) is 4.98 Å². The quantitative estimate of drug-likeness (QED) is 0.745. The first-order valence-electron chi connectivity index (χ1n) is 5.17. The number of hydrogen-bond donors (Lipinski definition) is 0. The number of aromatic nitrogens is 1. The summed E-state index contributed by atoms with van der Waals surface area (Å²) in [6.45, 7) is 7.19. The normalized spacial score (nSPS) is 8.76. The number of benzene rings is 1. The maximum absolute atomic E-state index is 5.63. The lowest BCUT2D eigenvalue weighted by molar-refractivity contribution is 1.30. The standard InChI is InChI=1S/C8H7Cl.C7H7N/c1-2-7-3-5-8(9)6-4-7;1-2-7-5-3-4-6-8-7/h2-6H,1H2;2-6H,1H2. The van der Waals surface area contributed by atoms with E-state index in [4.69, 9.17) is 11.6 Å².